The summed E-state index contributed by atoms with van der Waals surface area (Å²) in [5, 5.41) is 10.7. The first-order valence-corrected chi connectivity index (χ1v) is 7.97. The number of benzene rings is 2. The highest BCUT2D eigenvalue weighted by molar-refractivity contribution is 7.13. The van der Waals surface area contributed by atoms with E-state index >= 15 is 0 Å². The fourth-order valence-electron chi connectivity index (χ4n) is 2.24. The molecule has 2 aromatic carbocycles. The van der Waals surface area contributed by atoms with Gasteiger partial charge in [0.2, 0.25) is 4.74 Å². The van der Waals surface area contributed by atoms with E-state index < -0.39 is 0 Å². The molecule has 24 heavy (non-hydrogen) atoms. The summed E-state index contributed by atoms with van der Waals surface area (Å²) in [4.78, 5) is 28.6. The lowest BCUT2D eigenvalue weighted by Gasteiger charge is -2.05. The Labute approximate surface area is 141 Å². The summed E-state index contributed by atoms with van der Waals surface area (Å²) in [6, 6.07) is 13.8. The van der Waals surface area contributed by atoms with Gasteiger partial charge in [-0.3, -0.25) is 20.3 Å². The van der Waals surface area contributed by atoms with Crippen LogP contribution in [0.15, 0.2) is 53.3 Å². The van der Waals surface area contributed by atoms with Gasteiger partial charge in [-0.15, -0.1) is 0 Å². The molecule has 6 nitrogen and oxygen atoms in total. The fraction of sp³-hybridized carbons (Fsp3) is 0.0588. The number of fused-ring (bicyclic) bond motifs is 1. The molecule has 0 radical (unpaired) electrons. The summed E-state index contributed by atoms with van der Waals surface area (Å²) < 4.78 is -0.146. The minimum absolute atomic E-state index is 0.0670. The van der Waals surface area contributed by atoms with E-state index in [4.69, 9.17) is 11.1 Å². The molecule has 0 bridgehead atoms. The molecule has 0 aliphatic carbocycles. The summed E-state index contributed by atoms with van der Waals surface area (Å²) >= 11 is 0.898. The standard InChI is InChI=1S/C17H14N4O2S/c18-14(19)9-10-5-7-11(8-6-10)15(22)21-17-20-13-4-2-1-3-12(13)16(23)24-17/h1-8H,9H2,(H3,18,19)(H,20,21,22). The van der Waals surface area contributed by atoms with Crippen LogP contribution in [0.4, 0.5) is 5.13 Å². The molecule has 0 aliphatic heterocycles. The summed E-state index contributed by atoms with van der Waals surface area (Å²) in [5.74, 6) is -0.278. The number of carbonyl (C=O) groups is 1. The number of rotatable bonds is 4. The highest BCUT2D eigenvalue weighted by atomic mass is 32.1. The number of carbonyl (C=O) groups excluding carboxylic acids is 1. The third kappa shape index (κ3) is 3.47. The van der Waals surface area contributed by atoms with Crippen molar-refractivity contribution in [2.45, 2.75) is 6.42 Å². The molecule has 1 aromatic heterocycles. The minimum atomic E-state index is -0.345. The van der Waals surface area contributed by atoms with Crippen LogP contribution >= 0.6 is 11.3 Å². The maximum absolute atomic E-state index is 12.3. The highest BCUT2D eigenvalue weighted by Gasteiger charge is 2.10. The van der Waals surface area contributed by atoms with Crippen LogP contribution in [-0.4, -0.2) is 16.7 Å². The number of para-hydroxylation sites is 1. The van der Waals surface area contributed by atoms with E-state index in [-0.39, 0.29) is 21.6 Å². The molecule has 0 aliphatic rings. The molecule has 3 aromatic rings. The first-order valence-electron chi connectivity index (χ1n) is 7.16. The Bertz CT molecular complexity index is 980. The number of nitrogens with zero attached hydrogens (tertiary/aromatic N) is 1. The van der Waals surface area contributed by atoms with Crippen LogP contribution in [0, 0.1) is 5.41 Å². The van der Waals surface area contributed by atoms with Gasteiger partial charge in [0, 0.05) is 12.0 Å². The molecule has 4 N–H and O–H groups in total. The van der Waals surface area contributed by atoms with Crippen molar-refractivity contribution < 1.29 is 4.79 Å². The molecule has 1 heterocycles. The zero-order chi connectivity index (χ0) is 17.1. The number of amidine groups is 1. The third-order valence-electron chi connectivity index (χ3n) is 3.37. The lowest BCUT2D eigenvalue weighted by Crippen LogP contribution is -2.15. The summed E-state index contributed by atoms with van der Waals surface area (Å²) in [7, 11) is 0. The van der Waals surface area contributed by atoms with Gasteiger partial charge in [0.05, 0.1) is 16.7 Å². The Balaban J connectivity index is 1.82. The molecule has 1 amide bonds. The molecule has 3 rings (SSSR count). The molecule has 120 valence electrons. The quantitative estimate of drug-likeness (QED) is 0.501. The van der Waals surface area contributed by atoms with Crippen LogP contribution in [-0.2, 0) is 6.42 Å². The number of nitrogens with two attached hydrogens (primary N) is 1. The maximum atomic E-state index is 12.3. The van der Waals surface area contributed by atoms with Gasteiger partial charge in [0.1, 0.15) is 0 Å². The second kappa shape index (κ2) is 6.59. The predicted octanol–water partition coefficient (Wildman–Crippen LogP) is 2.39. The van der Waals surface area contributed by atoms with Crippen LogP contribution < -0.4 is 15.8 Å². The van der Waals surface area contributed by atoms with Gasteiger partial charge in [0.25, 0.3) is 5.91 Å². The minimum Gasteiger partial charge on any atom is -0.387 e. The van der Waals surface area contributed by atoms with Crippen molar-refractivity contribution in [1.29, 1.82) is 5.41 Å². The molecule has 0 fully saturated rings. The molecular weight excluding hydrogens is 324 g/mol. The van der Waals surface area contributed by atoms with Crippen LogP contribution in [0.1, 0.15) is 15.9 Å². The molecule has 0 saturated heterocycles. The normalized spacial score (nSPS) is 10.5. The number of anilines is 1. The zero-order valence-electron chi connectivity index (χ0n) is 12.6. The third-order valence-corrected chi connectivity index (χ3v) is 4.16. The Morgan fingerprint density at radius 2 is 1.88 bits per heavy atom. The van der Waals surface area contributed by atoms with E-state index in [1.165, 1.54) is 0 Å². The Hall–Kier alpha value is -3.06. The first-order chi connectivity index (χ1) is 11.5. The monoisotopic (exact) mass is 338 g/mol. The van der Waals surface area contributed by atoms with E-state index in [1.807, 2.05) is 0 Å². The van der Waals surface area contributed by atoms with Gasteiger partial charge in [0.15, 0.2) is 5.13 Å². The second-order valence-corrected chi connectivity index (χ2v) is 6.14. The number of aromatic nitrogens is 1. The number of hydrogen-bond acceptors (Lipinski definition) is 5. The topological polar surface area (TPSA) is 109 Å². The van der Waals surface area contributed by atoms with Crippen LogP contribution in [0.25, 0.3) is 10.9 Å². The van der Waals surface area contributed by atoms with Crippen molar-refractivity contribution in [3.05, 3.63) is 69.2 Å². The van der Waals surface area contributed by atoms with E-state index in [1.54, 1.807) is 48.5 Å². The summed E-state index contributed by atoms with van der Waals surface area (Å²) in [5.41, 5.74) is 7.20. The van der Waals surface area contributed by atoms with Crippen LogP contribution in [0.2, 0.25) is 0 Å². The summed E-state index contributed by atoms with van der Waals surface area (Å²) in [6.45, 7) is 0. The van der Waals surface area contributed by atoms with Crippen molar-refractivity contribution in [3.63, 3.8) is 0 Å². The molecule has 0 unspecified atom stereocenters. The van der Waals surface area contributed by atoms with Crippen molar-refractivity contribution in [2.75, 3.05) is 5.32 Å². The Morgan fingerprint density at radius 3 is 2.58 bits per heavy atom. The average Bonchev–Trinajstić information content (AvgIpc) is 2.55. The molecular formula is C17H14N4O2S. The molecule has 7 heteroatoms. The number of hydrogen-bond donors (Lipinski definition) is 3. The van der Waals surface area contributed by atoms with E-state index in [0.717, 1.165) is 16.9 Å². The Kier molecular flexibility index (Phi) is 4.35. The van der Waals surface area contributed by atoms with Crippen LogP contribution in [0.5, 0.6) is 0 Å². The predicted molar refractivity (Wildman–Crippen MR) is 95.9 cm³/mol. The van der Waals surface area contributed by atoms with Crippen molar-refractivity contribution >= 4 is 39.1 Å². The zero-order valence-corrected chi connectivity index (χ0v) is 13.4. The number of nitrogens with one attached hydrogen (secondary N) is 2. The molecule has 0 atom stereocenters. The van der Waals surface area contributed by atoms with Crippen LogP contribution in [0.3, 0.4) is 0 Å². The smallest absolute Gasteiger partial charge is 0.257 e. The maximum Gasteiger partial charge on any atom is 0.257 e. The molecule has 0 spiro atoms. The fourth-order valence-corrected chi connectivity index (χ4v) is 2.98. The van der Waals surface area contributed by atoms with Gasteiger partial charge in [-0.05, 0) is 29.8 Å². The lowest BCUT2D eigenvalue weighted by molar-refractivity contribution is 0.102. The highest BCUT2D eigenvalue weighted by Crippen LogP contribution is 2.16. The molecule has 0 saturated carbocycles. The second-order valence-electron chi connectivity index (χ2n) is 5.18. The average molecular weight is 338 g/mol. The van der Waals surface area contributed by atoms with Gasteiger partial charge in [-0.1, -0.05) is 35.6 Å². The Morgan fingerprint density at radius 1 is 1.17 bits per heavy atom. The number of amides is 1. The van der Waals surface area contributed by atoms with Gasteiger partial charge < -0.3 is 5.73 Å². The van der Waals surface area contributed by atoms with Crippen molar-refractivity contribution in [2.24, 2.45) is 5.73 Å². The summed E-state index contributed by atoms with van der Waals surface area (Å²) in [6.07, 6.45) is 0.343. The van der Waals surface area contributed by atoms with Gasteiger partial charge in [-0.2, -0.15) is 0 Å². The van der Waals surface area contributed by atoms with Gasteiger partial charge >= 0.3 is 0 Å². The van der Waals surface area contributed by atoms with E-state index in [9.17, 15) is 9.59 Å². The largest absolute Gasteiger partial charge is 0.387 e. The van der Waals surface area contributed by atoms with Gasteiger partial charge in [-0.25, -0.2) is 4.98 Å². The van der Waals surface area contributed by atoms with E-state index in [0.29, 0.717) is 22.9 Å². The van der Waals surface area contributed by atoms with E-state index in [2.05, 4.69) is 10.3 Å². The lowest BCUT2D eigenvalue weighted by atomic mass is 10.1. The van der Waals surface area contributed by atoms with Crippen molar-refractivity contribution in [1.82, 2.24) is 4.98 Å². The SMILES string of the molecule is N=C(N)Cc1ccc(C(=O)Nc2nc3ccccc3c(=O)s2)cc1. The van der Waals surface area contributed by atoms with Crippen molar-refractivity contribution in [3.8, 4) is 0 Å². The first kappa shape index (κ1) is 15.8.